The van der Waals surface area contributed by atoms with Gasteiger partial charge in [-0.25, -0.2) is 4.39 Å². The molecule has 2 aromatic carbocycles. The molecule has 1 N–H and O–H groups in total. The summed E-state index contributed by atoms with van der Waals surface area (Å²) in [4.78, 5) is 12.2. The SMILES string of the molecule is COc1ccc(OC)c(NC(=O)c2cccc(C)c2F)c1. The topological polar surface area (TPSA) is 47.6 Å². The maximum atomic E-state index is 14.0. The van der Waals surface area contributed by atoms with E-state index < -0.39 is 11.7 Å². The first kappa shape index (κ1) is 14.8. The fraction of sp³-hybridized carbons (Fsp3) is 0.188. The van der Waals surface area contributed by atoms with Gasteiger partial charge >= 0.3 is 0 Å². The lowest BCUT2D eigenvalue weighted by atomic mass is 10.1. The molecule has 0 atom stereocenters. The zero-order valence-electron chi connectivity index (χ0n) is 12.1. The molecule has 2 rings (SSSR count). The van der Waals surface area contributed by atoms with Crippen LogP contribution in [-0.4, -0.2) is 20.1 Å². The highest BCUT2D eigenvalue weighted by Crippen LogP contribution is 2.29. The molecular weight excluding hydrogens is 273 g/mol. The maximum Gasteiger partial charge on any atom is 0.258 e. The molecule has 1 amide bonds. The van der Waals surface area contributed by atoms with Crippen LogP contribution in [0.15, 0.2) is 36.4 Å². The number of hydrogen-bond donors (Lipinski definition) is 1. The number of aryl methyl sites for hydroxylation is 1. The Hall–Kier alpha value is -2.56. The molecule has 2 aromatic rings. The van der Waals surface area contributed by atoms with Crippen LogP contribution in [0.3, 0.4) is 0 Å². The highest BCUT2D eigenvalue weighted by atomic mass is 19.1. The molecule has 21 heavy (non-hydrogen) atoms. The van der Waals surface area contributed by atoms with E-state index in [9.17, 15) is 9.18 Å². The normalized spacial score (nSPS) is 10.1. The average molecular weight is 289 g/mol. The number of hydrogen-bond acceptors (Lipinski definition) is 3. The number of amides is 1. The molecule has 4 nitrogen and oxygen atoms in total. The summed E-state index contributed by atoms with van der Waals surface area (Å²) in [7, 11) is 3.01. The van der Waals surface area contributed by atoms with Crippen LogP contribution in [0.2, 0.25) is 0 Å². The van der Waals surface area contributed by atoms with Gasteiger partial charge in [0.15, 0.2) is 0 Å². The minimum absolute atomic E-state index is 0.0140. The lowest BCUT2D eigenvalue weighted by Crippen LogP contribution is -2.15. The summed E-state index contributed by atoms with van der Waals surface area (Å²) in [5, 5.41) is 2.64. The van der Waals surface area contributed by atoms with E-state index in [-0.39, 0.29) is 5.56 Å². The van der Waals surface area contributed by atoms with Crippen molar-refractivity contribution in [1.29, 1.82) is 0 Å². The Morgan fingerprint density at radius 2 is 1.90 bits per heavy atom. The molecule has 0 aromatic heterocycles. The number of benzene rings is 2. The average Bonchev–Trinajstić information content (AvgIpc) is 2.49. The molecule has 0 unspecified atom stereocenters. The molecule has 0 aliphatic rings. The van der Waals surface area contributed by atoms with Crippen molar-refractivity contribution in [2.24, 2.45) is 0 Å². The van der Waals surface area contributed by atoms with Crippen LogP contribution in [0.4, 0.5) is 10.1 Å². The van der Waals surface area contributed by atoms with Gasteiger partial charge in [0.25, 0.3) is 5.91 Å². The molecule has 110 valence electrons. The third-order valence-corrected chi connectivity index (χ3v) is 3.09. The summed E-state index contributed by atoms with van der Waals surface area (Å²) in [6, 6.07) is 9.67. The van der Waals surface area contributed by atoms with E-state index in [2.05, 4.69) is 5.32 Å². The molecule has 5 heteroatoms. The first-order valence-corrected chi connectivity index (χ1v) is 6.35. The Labute approximate surface area is 122 Å². The second-order valence-corrected chi connectivity index (χ2v) is 4.46. The summed E-state index contributed by atoms with van der Waals surface area (Å²) in [5.74, 6) is -0.0346. The first-order valence-electron chi connectivity index (χ1n) is 6.35. The quantitative estimate of drug-likeness (QED) is 0.938. The van der Waals surface area contributed by atoms with Crippen LogP contribution in [0.1, 0.15) is 15.9 Å². The molecule has 0 bridgehead atoms. The van der Waals surface area contributed by atoms with Gasteiger partial charge in [0.1, 0.15) is 17.3 Å². The van der Waals surface area contributed by atoms with Gasteiger partial charge in [-0.1, -0.05) is 12.1 Å². The van der Waals surface area contributed by atoms with E-state index in [0.717, 1.165) is 0 Å². The largest absolute Gasteiger partial charge is 0.497 e. The summed E-state index contributed by atoms with van der Waals surface area (Å²) >= 11 is 0. The Balaban J connectivity index is 2.33. The summed E-state index contributed by atoms with van der Waals surface area (Å²) in [6.45, 7) is 1.61. The molecule has 0 saturated carbocycles. The predicted molar refractivity (Wildman–Crippen MR) is 78.6 cm³/mol. The van der Waals surface area contributed by atoms with Crippen molar-refractivity contribution in [3.05, 3.63) is 53.3 Å². The maximum absolute atomic E-state index is 14.0. The minimum atomic E-state index is -0.539. The van der Waals surface area contributed by atoms with Crippen LogP contribution in [0.5, 0.6) is 11.5 Å². The van der Waals surface area contributed by atoms with E-state index >= 15 is 0 Å². The van der Waals surface area contributed by atoms with Crippen molar-refractivity contribution in [2.45, 2.75) is 6.92 Å². The standard InChI is InChI=1S/C16H16FNO3/c1-10-5-4-6-12(15(10)17)16(19)18-13-9-11(20-2)7-8-14(13)21-3/h4-9H,1-3H3,(H,18,19). The summed E-state index contributed by atoms with van der Waals surface area (Å²) in [6.07, 6.45) is 0. The van der Waals surface area contributed by atoms with Crippen molar-refractivity contribution in [3.63, 3.8) is 0 Å². The third-order valence-electron chi connectivity index (χ3n) is 3.09. The van der Waals surface area contributed by atoms with Crippen LogP contribution in [0.25, 0.3) is 0 Å². The van der Waals surface area contributed by atoms with E-state index in [1.807, 2.05) is 0 Å². The number of ether oxygens (including phenoxy) is 2. The predicted octanol–water partition coefficient (Wildman–Crippen LogP) is 3.40. The van der Waals surface area contributed by atoms with Crippen LogP contribution >= 0.6 is 0 Å². The molecule has 0 saturated heterocycles. The lowest BCUT2D eigenvalue weighted by Gasteiger charge is -2.12. The van der Waals surface area contributed by atoms with Gasteiger partial charge in [-0.05, 0) is 30.7 Å². The molecule has 0 aliphatic heterocycles. The van der Waals surface area contributed by atoms with Crippen molar-refractivity contribution in [3.8, 4) is 11.5 Å². The molecule has 0 radical (unpaired) electrons. The van der Waals surface area contributed by atoms with Gasteiger partial charge < -0.3 is 14.8 Å². The summed E-state index contributed by atoms with van der Waals surface area (Å²) in [5.41, 5.74) is 0.822. The molecule has 0 heterocycles. The van der Waals surface area contributed by atoms with E-state index in [1.165, 1.54) is 20.3 Å². The number of rotatable bonds is 4. The van der Waals surface area contributed by atoms with Gasteiger partial charge in [-0.3, -0.25) is 4.79 Å². The molecule has 0 fully saturated rings. The van der Waals surface area contributed by atoms with Crippen molar-refractivity contribution >= 4 is 11.6 Å². The minimum Gasteiger partial charge on any atom is -0.497 e. The van der Waals surface area contributed by atoms with Gasteiger partial charge in [0.05, 0.1) is 25.5 Å². The third kappa shape index (κ3) is 3.13. The highest BCUT2D eigenvalue weighted by Gasteiger charge is 2.15. The molecular formula is C16H16FNO3. The fourth-order valence-corrected chi connectivity index (χ4v) is 1.92. The number of methoxy groups -OCH3 is 2. The van der Waals surface area contributed by atoms with Crippen molar-refractivity contribution < 1.29 is 18.7 Å². The number of nitrogens with one attached hydrogen (secondary N) is 1. The van der Waals surface area contributed by atoms with Gasteiger partial charge in [0, 0.05) is 6.07 Å². The Morgan fingerprint density at radius 1 is 1.14 bits per heavy atom. The number of carbonyl (C=O) groups is 1. The number of halogens is 1. The second kappa shape index (κ2) is 6.26. The highest BCUT2D eigenvalue weighted by molar-refractivity contribution is 6.05. The fourth-order valence-electron chi connectivity index (χ4n) is 1.92. The van der Waals surface area contributed by atoms with Gasteiger partial charge in [-0.2, -0.15) is 0 Å². The van der Waals surface area contributed by atoms with E-state index in [0.29, 0.717) is 22.7 Å². The Kier molecular flexibility index (Phi) is 4.42. The number of carbonyl (C=O) groups excluding carboxylic acids is 1. The van der Waals surface area contributed by atoms with Crippen LogP contribution in [0, 0.1) is 12.7 Å². The first-order chi connectivity index (χ1) is 10.1. The molecule has 0 aliphatic carbocycles. The van der Waals surface area contributed by atoms with Crippen molar-refractivity contribution in [1.82, 2.24) is 0 Å². The Morgan fingerprint density at radius 3 is 2.57 bits per heavy atom. The van der Waals surface area contributed by atoms with Crippen molar-refractivity contribution in [2.75, 3.05) is 19.5 Å². The lowest BCUT2D eigenvalue weighted by molar-refractivity contribution is 0.102. The van der Waals surface area contributed by atoms with E-state index in [1.54, 1.807) is 37.3 Å². The molecule has 0 spiro atoms. The number of anilines is 1. The zero-order valence-corrected chi connectivity index (χ0v) is 12.1. The Bertz CT molecular complexity index is 671. The smallest absolute Gasteiger partial charge is 0.258 e. The van der Waals surface area contributed by atoms with Crippen LogP contribution in [-0.2, 0) is 0 Å². The van der Waals surface area contributed by atoms with Crippen LogP contribution < -0.4 is 14.8 Å². The monoisotopic (exact) mass is 289 g/mol. The second-order valence-electron chi connectivity index (χ2n) is 4.46. The van der Waals surface area contributed by atoms with E-state index in [4.69, 9.17) is 9.47 Å². The zero-order chi connectivity index (χ0) is 15.4. The van der Waals surface area contributed by atoms with Gasteiger partial charge in [-0.15, -0.1) is 0 Å². The van der Waals surface area contributed by atoms with Gasteiger partial charge in [0.2, 0.25) is 0 Å². The summed E-state index contributed by atoms with van der Waals surface area (Å²) < 4.78 is 24.2.